The molecule has 0 radical (unpaired) electrons. The van der Waals surface area contributed by atoms with Crippen LogP contribution in [0, 0.1) is 11.3 Å². The summed E-state index contributed by atoms with van der Waals surface area (Å²) in [6, 6.07) is 19.9. The number of rotatable bonds is 5. The molecule has 0 bridgehead atoms. The molecule has 2 fully saturated rings. The summed E-state index contributed by atoms with van der Waals surface area (Å²) in [4.78, 5) is 16.4. The second-order valence-corrected chi connectivity index (χ2v) is 10.6. The summed E-state index contributed by atoms with van der Waals surface area (Å²) in [7, 11) is 0. The summed E-state index contributed by atoms with van der Waals surface area (Å²) in [6.07, 6.45) is 4.44. The molecule has 1 aliphatic heterocycles. The molecule has 3 aliphatic rings. The number of carbonyl (C=O) groups is 1. The van der Waals surface area contributed by atoms with Crippen molar-refractivity contribution in [2.24, 2.45) is 11.3 Å². The van der Waals surface area contributed by atoms with Gasteiger partial charge in [-0.3, -0.25) is 9.69 Å². The van der Waals surface area contributed by atoms with E-state index in [0.717, 1.165) is 45.3 Å². The van der Waals surface area contributed by atoms with Gasteiger partial charge in [-0.15, -0.1) is 11.3 Å². The van der Waals surface area contributed by atoms with Crippen molar-refractivity contribution in [2.45, 2.75) is 38.8 Å². The number of nitrogens with one attached hydrogen (secondary N) is 1. The standard InChI is InChI=1S/C27H28N2OS/c30-26(28-17-22-5-3-13-31-22)25-16-27(25)9-11-29(12-10-27)18-19-7-8-24-21(14-19)15-20-4-1-2-6-23(20)24/h1-8,13-14,25H,9-12,15-18H2,(H,28,30). The van der Waals surface area contributed by atoms with Gasteiger partial charge in [-0.2, -0.15) is 0 Å². The van der Waals surface area contributed by atoms with Gasteiger partial charge in [-0.1, -0.05) is 48.5 Å². The molecule has 2 aromatic carbocycles. The molecule has 1 N–H and O–H groups in total. The van der Waals surface area contributed by atoms with Crippen LogP contribution in [0.2, 0.25) is 0 Å². The van der Waals surface area contributed by atoms with E-state index in [0.29, 0.717) is 6.54 Å². The third kappa shape index (κ3) is 3.62. The van der Waals surface area contributed by atoms with Crippen LogP contribution in [0.5, 0.6) is 0 Å². The van der Waals surface area contributed by atoms with Crippen molar-refractivity contribution in [3.8, 4) is 11.1 Å². The van der Waals surface area contributed by atoms with Gasteiger partial charge in [0.05, 0.1) is 6.54 Å². The zero-order chi connectivity index (χ0) is 20.8. The number of nitrogens with zero attached hydrogens (tertiary/aromatic N) is 1. The van der Waals surface area contributed by atoms with Crippen LogP contribution in [-0.4, -0.2) is 23.9 Å². The summed E-state index contributed by atoms with van der Waals surface area (Å²) < 4.78 is 0. The largest absolute Gasteiger partial charge is 0.351 e. The molecule has 1 aromatic heterocycles. The van der Waals surface area contributed by atoms with E-state index in [9.17, 15) is 4.79 Å². The Hall–Kier alpha value is -2.43. The lowest BCUT2D eigenvalue weighted by Gasteiger charge is -2.33. The number of fused-ring (bicyclic) bond motifs is 3. The molecule has 2 heterocycles. The monoisotopic (exact) mass is 428 g/mol. The molecule has 158 valence electrons. The Bertz CT molecular complexity index is 1110. The van der Waals surface area contributed by atoms with Crippen LogP contribution in [0.4, 0.5) is 0 Å². The second kappa shape index (κ2) is 7.61. The first kappa shape index (κ1) is 19.3. The van der Waals surface area contributed by atoms with Crippen LogP contribution < -0.4 is 5.32 Å². The van der Waals surface area contributed by atoms with E-state index >= 15 is 0 Å². The third-order valence-electron chi connectivity index (χ3n) is 7.64. The molecular weight excluding hydrogens is 400 g/mol. The molecule has 1 saturated carbocycles. The summed E-state index contributed by atoms with van der Waals surface area (Å²) in [5.41, 5.74) is 7.43. The van der Waals surface area contributed by atoms with Crippen LogP contribution >= 0.6 is 11.3 Å². The van der Waals surface area contributed by atoms with Gasteiger partial charge in [-0.05, 0) is 83.5 Å². The van der Waals surface area contributed by atoms with E-state index in [1.807, 2.05) is 6.07 Å². The van der Waals surface area contributed by atoms with Crippen molar-refractivity contribution in [2.75, 3.05) is 13.1 Å². The first-order valence-corrected chi connectivity index (χ1v) is 12.3. The predicted molar refractivity (Wildman–Crippen MR) is 126 cm³/mol. The van der Waals surface area contributed by atoms with Gasteiger partial charge in [0.15, 0.2) is 0 Å². The molecule has 6 rings (SSSR count). The molecule has 1 saturated heterocycles. The topological polar surface area (TPSA) is 32.3 Å². The van der Waals surface area contributed by atoms with Crippen molar-refractivity contribution in [1.29, 1.82) is 0 Å². The normalized spacial score (nSPS) is 21.0. The number of amides is 1. The fraction of sp³-hybridized carbons (Fsp3) is 0.370. The number of likely N-dealkylation sites (tertiary alicyclic amines) is 1. The van der Waals surface area contributed by atoms with Crippen molar-refractivity contribution >= 4 is 17.2 Å². The number of thiophene rings is 1. The first-order valence-electron chi connectivity index (χ1n) is 11.4. The van der Waals surface area contributed by atoms with Crippen LogP contribution in [0.3, 0.4) is 0 Å². The van der Waals surface area contributed by atoms with Crippen molar-refractivity contribution in [1.82, 2.24) is 10.2 Å². The fourth-order valence-corrected chi connectivity index (χ4v) is 6.34. The first-order chi connectivity index (χ1) is 15.2. The average molecular weight is 429 g/mol. The Labute approximate surface area is 188 Å². The van der Waals surface area contributed by atoms with E-state index < -0.39 is 0 Å². The molecule has 1 atom stereocenters. The highest BCUT2D eigenvalue weighted by Gasteiger charge is 2.58. The lowest BCUT2D eigenvalue weighted by Crippen LogP contribution is -2.36. The van der Waals surface area contributed by atoms with E-state index in [1.165, 1.54) is 32.7 Å². The Kier molecular flexibility index (Phi) is 4.73. The van der Waals surface area contributed by atoms with Crippen molar-refractivity contribution in [3.63, 3.8) is 0 Å². The third-order valence-corrected chi connectivity index (χ3v) is 8.52. The number of hydrogen-bond acceptors (Lipinski definition) is 3. The average Bonchev–Trinajstić information content (AvgIpc) is 3.13. The molecule has 2 aliphatic carbocycles. The van der Waals surface area contributed by atoms with Gasteiger partial charge in [-0.25, -0.2) is 0 Å². The number of carbonyl (C=O) groups excluding carboxylic acids is 1. The molecule has 1 unspecified atom stereocenters. The molecule has 1 spiro atoms. The Morgan fingerprint density at radius 2 is 1.87 bits per heavy atom. The lowest BCUT2D eigenvalue weighted by atomic mass is 9.90. The molecule has 3 aromatic rings. The van der Waals surface area contributed by atoms with E-state index in [4.69, 9.17) is 0 Å². The molecule has 3 nitrogen and oxygen atoms in total. The van der Waals surface area contributed by atoms with Gasteiger partial charge in [0.25, 0.3) is 0 Å². The highest BCUT2D eigenvalue weighted by atomic mass is 32.1. The summed E-state index contributed by atoms with van der Waals surface area (Å²) in [6.45, 7) is 3.91. The maximum atomic E-state index is 12.6. The predicted octanol–water partition coefficient (Wildman–Crippen LogP) is 5.24. The zero-order valence-corrected chi connectivity index (χ0v) is 18.6. The smallest absolute Gasteiger partial charge is 0.223 e. The molecule has 1 amide bonds. The number of hydrogen-bond donors (Lipinski definition) is 1. The SMILES string of the molecule is O=C(NCc1cccs1)C1CC12CCN(Cc1ccc3c(c1)Cc1ccccc1-3)CC2. The maximum Gasteiger partial charge on any atom is 0.223 e. The fourth-order valence-electron chi connectivity index (χ4n) is 5.69. The minimum absolute atomic E-state index is 0.230. The van der Waals surface area contributed by atoms with E-state index in [2.05, 4.69) is 64.1 Å². The summed E-state index contributed by atoms with van der Waals surface area (Å²) in [5, 5.41) is 5.22. The van der Waals surface area contributed by atoms with Gasteiger partial charge in [0, 0.05) is 17.3 Å². The van der Waals surface area contributed by atoms with Crippen molar-refractivity contribution in [3.05, 3.63) is 81.5 Å². The zero-order valence-electron chi connectivity index (χ0n) is 17.8. The summed E-state index contributed by atoms with van der Waals surface area (Å²) in [5.74, 6) is 0.494. The Balaban J connectivity index is 1.03. The Morgan fingerprint density at radius 3 is 2.71 bits per heavy atom. The van der Waals surface area contributed by atoms with Gasteiger partial charge in [0.2, 0.25) is 5.91 Å². The highest BCUT2D eigenvalue weighted by molar-refractivity contribution is 7.09. The number of benzene rings is 2. The highest BCUT2D eigenvalue weighted by Crippen LogP contribution is 2.59. The van der Waals surface area contributed by atoms with Crippen LogP contribution in [0.25, 0.3) is 11.1 Å². The van der Waals surface area contributed by atoms with Crippen LogP contribution in [-0.2, 0) is 24.3 Å². The number of piperidine rings is 1. The molecule has 4 heteroatoms. The van der Waals surface area contributed by atoms with Gasteiger partial charge >= 0.3 is 0 Å². The van der Waals surface area contributed by atoms with Gasteiger partial charge in [0.1, 0.15) is 0 Å². The summed E-state index contributed by atoms with van der Waals surface area (Å²) >= 11 is 1.71. The van der Waals surface area contributed by atoms with Crippen molar-refractivity contribution < 1.29 is 4.79 Å². The van der Waals surface area contributed by atoms with Crippen LogP contribution in [0.1, 0.15) is 40.8 Å². The molecule has 31 heavy (non-hydrogen) atoms. The maximum absolute atomic E-state index is 12.6. The molecular formula is C27H28N2OS. The van der Waals surface area contributed by atoms with E-state index in [1.54, 1.807) is 11.3 Å². The second-order valence-electron chi connectivity index (χ2n) is 9.52. The van der Waals surface area contributed by atoms with Crippen LogP contribution in [0.15, 0.2) is 60.0 Å². The minimum atomic E-state index is 0.230. The van der Waals surface area contributed by atoms with E-state index in [-0.39, 0.29) is 17.2 Å². The quantitative estimate of drug-likeness (QED) is 0.472. The minimum Gasteiger partial charge on any atom is -0.351 e. The van der Waals surface area contributed by atoms with Gasteiger partial charge < -0.3 is 5.32 Å². The lowest BCUT2D eigenvalue weighted by molar-refractivity contribution is -0.123. The Morgan fingerprint density at radius 1 is 1.03 bits per heavy atom.